The molecule has 0 atom stereocenters. The van der Waals surface area contributed by atoms with Crippen molar-refractivity contribution in [2.45, 2.75) is 13.3 Å². The highest BCUT2D eigenvalue weighted by molar-refractivity contribution is 5.89. The molecule has 94 valence electrons. The summed E-state index contributed by atoms with van der Waals surface area (Å²) in [5, 5.41) is 3.23. The topological polar surface area (TPSA) is 24.9 Å². The van der Waals surface area contributed by atoms with Crippen LogP contribution in [0.1, 0.15) is 29.2 Å². The third kappa shape index (κ3) is 1.95. The number of anilines is 1. The maximum absolute atomic E-state index is 4.42. The Kier molecular flexibility index (Phi) is 2.71. The van der Waals surface area contributed by atoms with Crippen molar-refractivity contribution < 1.29 is 0 Å². The number of nitrogens with one attached hydrogen (secondary N) is 1. The van der Waals surface area contributed by atoms with E-state index in [-0.39, 0.29) is 0 Å². The van der Waals surface area contributed by atoms with Crippen molar-refractivity contribution in [1.82, 2.24) is 4.98 Å². The van der Waals surface area contributed by atoms with E-state index in [1.54, 1.807) is 0 Å². The fourth-order valence-corrected chi connectivity index (χ4v) is 2.59. The fourth-order valence-electron chi connectivity index (χ4n) is 2.59. The van der Waals surface area contributed by atoms with Crippen LogP contribution in [0.25, 0.3) is 5.57 Å². The molecule has 1 aliphatic carbocycles. The van der Waals surface area contributed by atoms with E-state index < -0.39 is 0 Å². The Hall–Kier alpha value is -2.35. The molecule has 0 amide bonds. The minimum absolute atomic E-state index is 0.851. The van der Waals surface area contributed by atoms with Crippen molar-refractivity contribution >= 4 is 11.4 Å². The molecule has 0 spiro atoms. The molecule has 0 bridgehead atoms. The molecule has 1 aliphatic rings. The predicted octanol–water partition coefficient (Wildman–Crippen LogP) is 3.99. The van der Waals surface area contributed by atoms with Crippen LogP contribution in [-0.2, 0) is 6.42 Å². The van der Waals surface area contributed by atoms with Crippen LogP contribution in [0.5, 0.6) is 0 Å². The van der Waals surface area contributed by atoms with Gasteiger partial charge in [0.25, 0.3) is 0 Å². The molecular weight excluding hydrogens is 232 g/mol. The number of rotatable bonds is 2. The number of hydrogen-bond donors (Lipinski definition) is 1. The maximum atomic E-state index is 4.42. The van der Waals surface area contributed by atoms with Crippen LogP contribution >= 0.6 is 0 Å². The van der Waals surface area contributed by atoms with Crippen LogP contribution in [0.15, 0.2) is 55.4 Å². The molecule has 1 aromatic carbocycles. The van der Waals surface area contributed by atoms with E-state index >= 15 is 0 Å². The Labute approximate surface area is 113 Å². The Morgan fingerprint density at radius 1 is 1.21 bits per heavy atom. The second-order valence-electron chi connectivity index (χ2n) is 4.91. The molecule has 0 aliphatic heterocycles. The van der Waals surface area contributed by atoms with Gasteiger partial charge in [0.15, 0.2) is 0 Å². The van der Waals surface area contributed by atoms with E-state index in [9.17, 15) is 0 Å². The number of pyridine rings is 1. The molecular formula is C17H16N2. The minimum Gasteiger partial charge on any atom is -0.344 e. The van der Waals surface area contributed by atoms with Gasteiger partial charge in [-0.05, 0) is 41.7 Å². The van der Waals surface area contributed by atoms with Gasteiger partial charge in [-0.2, -0.15) is 0 Å². The Bertz CT molecular complexity index is 683. The molecule has 1 heterocycles. The summed E-state index contributed by atoms with van der Waals surface area (Å²) in [6.45, 7) is 10.1. The molecule has 1 N–H and O–H groups in total. The molecule has 2 heteroatoms. The molecule has 0 fully saturated rings. The molecule has 0 saturated carbocycles. The second-order valence-corrected chi connectivity index (χ2v) is 4.91. The van der Waals surface area contributed by atoms with E-state index in [0.717, 1.165) is 29.1 Å². The molecule has 1 aromatic heterocycles. The zero-order chi connectivity index (χ0) is 13.4. The molecule has 0 unspecified atom stereocenters. The Morgan fingerprint density at radius 2 is 2.00 bits per heavy atom. The summed E-state index contributed by atoms with van der Waals surface area (Å²) in [5.74, 6) is 0.851. The summed E-state index contributed by atoms with van der Waals surface area (Å²) in [6.07, 6.45) is 2.77. The standard InChI is InChI=1S/C17H16N2/c1-11(2)19-17-16-12(3)15-7-5-4-6-13(15)10-14(16)8-9-18-17/h4-9H,1,3,10H2,2H3,(H,18,19). The van der Waals surface area contributed by atoms with E-state index in [4.69, 9.17) is 0 Å². The number of nitrogens with zero attached hydrogens (tertiary/aromatic N) is 1. The number of allylic oxidation sites excluding steroid dienone is 1. The lowest BCUT2D eigenvalue weighted by molar-refractivity contribution is 1.11. The number of benzene rings is 1. The monoisotopic (exact) mass is 248 g/mol. The quantitative estimate of drug-likeness (QED) is 0.741. The van der Waals surface area contributed by atoms with Gasteiger partial charge in [0, 0.05) is 17.5 Å². The smallest absolute Gasteiger partial charge is 0.138 e. The van der Waals surface area contributed by atoms with Crippen LogP contribution < -0.4 is 5.32 Å². The van der Waals surface area contributed by atoms with Crippen molar-refractivity contribution in [3.63, 3.8) is 0 Å². The van der Waals surface area contributed by atoms with Gasteiger partial charge in [0.05, 0.1) is 0 Å². The summed E-state index contributed by atoms with van der Waals surface area (Å²) in [6, 6.07) is 10.5. The first-order valence-electron chi connectivity index (χ1n) is 6.35. The van der Waals surface area contributed by atoms with Gasteiger partial charge >= 0.3 is 0 Å². The first kappa shape index (κ1) is 11.7. The largest absolute Gasteiger partial charge is 0.344 e. The van der Waals surface area contributed by atoms with Crippen molar-refractivity contribution in [2.24, 2.45) is 0 Å². The highest BCUT2D eigenvalue weighted by atomic mass is 15.0. The average Bonchev–Trinajstić information content (AvgIpc) is 2.38. The van der Waals surface area contributed by atoms with Gasteiger partial charge in [-0.1, -0.05) is 37.4 Å². The molecule has 0 saturated heterocycles. The van der Waals surface area contributed by atoms with Gasteiger partial charge < -0.3 is 5.32 Å². The van der Waals surface area contributed by atoms with Crippen LogP contribution in [0.3, 0.4) is 0 Å². The third-order valence-electron chi connectivity index (χ3n) is 3.39. The first-order chi connectivity index (χ1) is 9.16. The Morgan fingerprint density at radius 3 is 2.79 bits per heavy atom. The lowest BCUT2D eigenvalue weighted by Gasteiger charge is -2.24. The zero-order valence-corrected chi connectivity index (χ0v) is 11.0. The maximum Gasteiger partial charge on any atom is 0.138 e. The van der Waals surface area contributed by atoms with E-state index in [1.165, 1.54) is 16.7 Å². The Balaban J connectivity index is 2.16. The number of fused-ring (bicyclic) bond motifs is 2. The SMILES string of the molecule is C=C(C)Nc1nccc2c1C(=C)c1ccccc1C2. The third-order valence-corrected chi connectivity index (χ3v) is 3.39. The zero-order valence-electron chi connectivity index (χ0n) is 11.0. The van der Waals surface area contributed by atoms with Gasteiger partial charge in [-0.15, -0.1) is 0 Å². The first-order valence-corrected chi connectivity index (χ1v) is 6.35. The van der Waals surface area contributed by atoms with Crippen molar-refractivity contribution in [2.75, 3.05) is 5.32 Å². The number of hydrogen-bond acceptors (Lipinski definition) is 2. The predicted molar refractivity (Wildman–Crippen MR) is 80.1 cm³/mol. The van der Waals surface area contributed by atoms with E-state index in [0.29, 0.717) is 0 Å². The lowest BCUT2D eigenvalue weighted by atomic mass is 9.83. The second kappa shape index (κ2) is 4.39. The summed E-state index contributed by atoms with van der Waals surface area (Å²) in [7, 11) is 0. The average molecular weight is 248 g/mol. The minimum atomic E-state index is 0.851. The highest BCUT2D eigenvalue weighted by Crippen LogP contribution is 2.37. The molecule has 3 rings (SSSR count). The summed E-state index contributed by atoms with van der Waals surface area (Å²) in [4.78, 5) is 4.42. The van der Waals surface area contributed by atoms with Crippen LogP contribution in [0.4, 0.5) is 5.82 Å². The molecule has 0 radical (unpaired) electrons. The van der Waals surface area contributed by atoms with E-state index in [2.05, 4.69) is 53.8 Å². The van der Waals surface area contributed by atoms with Gasteiger partial charge in [0.1, 0.15) is 5.82 Å². The molecule has 19 heavy (non-hydrogen) atoms. The summed E-state index contributed by atoms with van der Waals surface area (Å²) < 4.78 is 0. The van der Waals surface area contributed by atoms with Gasteiger partial charge in [0.2, 0.25) is 0 Å². The number of aromatic nitrogens is 1. The van der Waals surface area contributed by atoms with Crippen molar-refractivity contribution in [1.29, 1.82) is 0 Å². The van der Waals surface area contributed by atoms with Crippen LogP contribution in [0.2, 0.25) is 0 Å². The van der Waals surface area contributed by atoms with Gasteiger partial charge in [-0.3, -0.25) is 0 Å². The lowest BCUT2D eigenvalue weighted by Crippen LogP contribution is -2.10. The highest BCUT2D eigenvalue weighted by Gasteiger charge is 2.21. The summed E-state index contributed by atoms with van der Waals surface area (Å²) in [5.41, 5.74) is 6.84. The van der Waals surface area contributed by atoms with E-state index in [1.807, 2.05) is 13.1 Å². The fraction of sp³-hybridized carbons (Fsp3) is 0.118. The van der Waals surface area contributed by atoms with Crippen LogP contribution in [-0.4, -0.2) is 4.98 Å². The van der Waals surface area contributed by atoms with Gasteiger partial charge in [-0.25, -0.2) is 4.98 Å². The molecule has 2 nitrogen and oxygen atoms in total. The molecule has 2 aromatic rings. The normalized spacial score (nSPS) is 12.6. The van der Waals surface area contributed by atoms with Crippen molar-refractivity contribution in [3.05, 3.63) is 77.6 Å². The van der Waals surface area contributed by atoms with Crippen molar-refractivity contribution in [3.8, 4) is 0 Å². The van der Waals surface area contributed by atoms with Crippen LogP contribution in [0, 0.1) is 0 Å². The summed E-state index contributed by atoms with van der Waals surface area (Å²) >= 11 is 0.